The molecule has 272 valence electrons. The second-order valence-corrected chi connectivity index (χ2v) is 39.7. The van der Waals surface area contributed by atoms with E-state index in [1.54, 1.807) is 0 Å². The van der Waals surface area contributed by atoms with Gasteiger partial charge in [-0.3, -0.25) is 0 Å². The molecule has 45 saturated carbocycles. The summed E-state index contributed by atoms with van der Waals surface area (Å²) in [7, 11) is 0. The maximum absolute atomic E-state index is 1.96. The summed E-state index contributed by atoms with van der Waals surface area (Å²) in [4.78, 5) is 0. The first-order valence-electron chi connectivity index (χ1n) is 29.9. The second-order valence-electron chi connectivity index (χ2n) is 39.7. The van der Waals surface area contributed by atoms with Crippen LogP contribution in [0.1, 0.15) is 25.7 Å². The summed E-state index contributed by atoms with van der Waals surface area (Å²) in [6, 6.07) is 0. The molecule has 0 aromatic heterocycles. The van der Waals surface area contributed by atoms with Gasteiger partial charge >= 0.3 is 0 Å². The second kappa shape index (κ2) is 2.76. The summed E-state index contributed by atoms with van der Waals surface area (Å²) in [5.41, 5.74) is 36.4. The zero-order chi connectivity index (χ0) is 32.7. The molecule has 0 aliphatic heterocycles. The van der Waals surface area contributed by atoms with E-state index in [-0.39, 0.29) is 0 Å². The van der Waals surface area contributed by atoms with Gasteiger partial charge in [0.15, 0.2) is 0 Å². The molecule has 56 unspecified atom stereocenters. The fraction of sp³-hybridized carbons (Fsp3) is 1.00. The minimum Gasteiger partial charge on any atom is -0.0461 e. The van der Waals surface area contributed by atoms with Crippen LogP contribution in [0, 0.1) is 315 Å². The number of rotatable bonds is 0. The molecule has 0 saturated heterocycles. The van der Waals surface area contributed by atoms with Crippen molar-refractivity contribution in [2.24, 2.45) is 315 Å². The summed E-state index contributed by atoms with van der Waals surface area (Å²) in [5, 5.41) is 0. The summed E-state index contributed by atoms with van der Waals surface area (Å²) < 4.78 is 0. The van der Waals surface area contributed by atoms with Crippen molar-refractivity contribution in [3.63, 3.8) is 0 Å². The highest BCUT2D eigenvalue weighted by atomic mass is 15.8. The van der Waals surface area contributed by atoms with E-state index in [9.17, 15) is 0 Å². The van der Waals surface area contributed by atoms with E-state index < -0.39 is 0 Å². The van der Waals surface area contributed by atoms with Gasteiger partial charge in [-0.15, -0.1) is 0 Å². The highest BCUT2D eigenvalue weighted by Gasteiger charge is 3.77. The van der Waals surface area contributed by atoms with Crippen molar-refractivity contribution in [2.75, 3.05) is 0 Å². The van der Waals surface area contributed by atoms with Crippen LogP contribution in [0.15, 0.2) is 0 Å². The Bertz CT molecular complexity index is 4310. The predicted octanol–water partition coefficient (Wildman–Crippen LogP) is 4.51. The van der Waals surface area contributed by atoms with Crippen LogP contribution in [0.25, 0.3) is 0 Å². The first-order valence-corrected chi connectivity index (χ1v) is 29.9. The van der Waals surface area contributed by atoms with E-state index in [1.807, 2.05) is 25.7 Å². The quantitative estimate of drug-likeness (QED) is 0.342. The SMILES string of the molecule is C1C2C3CC4C5C6C7C8C9CC%10C%11C%12C%13C%14C%15CC%16C%17C%18C%19C%20C1C21C2C%21C3%22C3C4C54C65C76C87C9%10C%118C%129C%13%10C%14%11C%16%15C%17%12C%18%13C%19%14C%201C21C%212C%22%15C34C53C64C78C95C%106C%12%11C%137C%141C21C%153C45C761. The maximum Gasteiger partial charge on any atom is -0.0000268 e. The van der Waals surface area contributed by atoms with Gasteiger partial charge in [0.2, 0.25) is 0 Å². The van der Waals surface area contributed by atoms with Crippen LogP contribution >= 0.6 is 0 Å². The van der Waals surface area contributed by atoms with Crippen molar-refractivity contribution in [1.82, 2.24) is 0 Å². The van der Waals surface area contributed by atoms with Crippen LogP contribution in [0.4, 0.5) is 0 Å². The Morgan fingerprint density at radius 3 is 1.30 bits per heavy atom. The lowest BCUT2D eigenvalue weighted by molar-refractivity contribution is -1.30. The van der Waals surface area contributed by atoms with Gasteiger partial charge in [-0.2, -0.15) is 0 Å². The first kappa shape index (κ1) is 19.3. The Hall–Kier alpha value is 0. The zero-order valence-electron chi connectivity index (χ0n) is 32.7. The highest BCUT2D eigenvalue weighted by Crippen LogP contribution is 3.78. The molecular formula is C60H32. The summed E-state index contributed by atoms with van der Waals surface area (Å²) in [6.07, 6.45) is 7.63. The van der Waals surface area contributed by atoms with Gasteiger partial charge in [-0.1, -0.05) is 0 Å². The summed E-state index contributed by atoms with van der Waals surface area (Å²) in [5.74, 6) is 33.9. The summed E-state index contributed by atoms with van der Waals surface area (Å²) in [6.45, 7) is 0. The zero-order valence-corrected chi connectivity index (χ0v) is 32.7. The Labute approximate surface area is 339 Å². The minimum absolute atomic E-state index is 1.08. The molecule has 45 rings (SSSR count). The van der Waals surface area contributed by atoms with E-state index in [1.165, 1.54) is 147 Å². The third kappa shape index (κ3) is 0.377. The maximum atomic E-state index is 1.96. The molecule has 45 fully saturated rings. The molecule has 0 heterocycles. The fourth-order valence-electron chi connectivity index (χ4n) is 70.0. The van der Waals surface area contributed by atoms with Gasteiger partial charge in [0.1, 0.15) is 0 Å². The van der Waals surface area contributed by atoms with Crippen LogP contribution in [0.2, 0.25) is 0 Å². The monoisotopic (exact) mass is 752 g/mol. The molecule has 45 aliphatic carbocycles. The Morgan fingerprint density at radius 2 is 0.633 bits per heavy atom. The third-order valence-corrected chi connectivity index (χ3v) is 53.9. The van der Waals surface area contributed by atoms with Crippen LogP contribution in [-0.4, -0.2) is 0 Å². The smallest absolute Gasteiger partial charge is 0.0000268 e. The topological polar surface area (TPSA) is 0 Å². The van der Waals surface area contributed by atoms with Crippen molar-refractivity contribution in [3.8, 4) is 0 Å². The molecule has 0 N–H and O–H groups in total. The molecule has 56 atom stereocenters. The largest absolute Gasteiger partial charge is 0.0461 e. The standard InChI is InChI=1S/C60H32/c1-5-13-20-22-16-9-3-10-18-25-24-19-12-4-11-17-23-21-15-8-2-7-6(1)30-26-14(5)33(13)39(20)41(22)35(16)31(9,10)37(18)44(25)43(24)38(19)32(11,12)36(17)42(23)40(21)34(15)29(7,8)27-28(30)47-46(27,34)52(40)54(42)50(36,38)55(43)56(44)49(35,37)53(41)51(39)45(26,33)48(30,47)58(51)57(47,52)59(54,55)60(53,56)58/h5-28H,1-4H2. The molecule has 0 aromatic rings. The van der Waals surface area contributed by atoms with Crippen LogP contribution in [0.5, 0.6) is 0 Å². The molecule has 0 heteroatoms. The Balaban J connectivity index is 0.819. The fourth-order valence-corrected chi connectivity index (χ4v) is 70.0. The van der Waals surface area contributed by atoms with Gasteiger partial charge in [-0.25, -0.2) is 0 Å². The normalized spacial score (nSPS) is 147. The van der Waals surface area contributed by atoms with E-state index >= 15 is 0 Å². The van der Waals surface area contributed by atoms with Crippen molar-refractivity contribution < 1.29 is 0 Å². The molecule has 0 radical (unpaired) electrons. The lowest BCUT2D eigenvalue weighted by Crippen LogP contribution is -3.73. The van der Waals surface area contributed by atoms with Gasteiger partial charge in [-0.05, 0) is 341 Å². The highest BCUT2D eigenvalue weighted by molar-refractivity contribution is 6.21. The van der Waals surface area contributed by atoms with Gasteiger partial charge in [0.05, 0.1) is 0 Å². The Morgan fingerprint density at radius 1 is 0.200 bits per heavy atom. The van der Waals surface area contributed by atoms with Crippen molar-refractivity contribution >= 4 is 0 Å². The van der Waals surface area contributed by atoms with Crippen LogP contribution in [-0.2, 0) is 0 Å². The average molecular weight is 753 g/mol. The molecule has 0 nitrogen and oxygen atoms in total. The summed E-state index contributed by atoms with van der Waals surface area (Å²) >= 11 is 0. The molecule has 0 bridgehead atoms. The van der Waals surface area contributed by atoms with E-state index in [4.69, 9.17) is 0 Å². The average Bonchev–Trinajstić information content (AvgIpc) is 3.10. The van der Waals surface area contributed by atoms with E-state index in [2.05, 4.69) is 0 Å². The predicted molar refractivity (Wildman–Crippen MR) is 180 cm³/mol. The molecular weight excluding hydrogens is 721 g/mol. The van der Waals surface area contributed by atoms with Gasteiger partial charge in [0.25, 0.3) is 0 Å². The Kier molecular flexibility index (Phi) is 0.889. The number of hydrogen-bond acceptors (Lipinski definition) is 0. The molecule has 0 amide bonds. The number of fused-ring (bicyclic) bond motifs is 16. The van der Waals surface area contributed by atoms with Gasteiger partial charge < -0.3 is 0 Å². The number of hydrogen-bond donors (Lipinski definition) is 0. The lowest BCUT2D eigenvalue weighted by Gasteiger charge is -3.74. The lowest BCUT2D eigenvalue weighted by atomic mass is 8.28. The van der Waals surface area contributed by atoms with Crippen molar-refractivity contribution in [1.29, 1.82) is 0 Å². The van der Waals surface area contributed by atoms with E-state index in [0.717, 1.165) is 168 Å². The molecule has 32 spiro atoms. The van der Waals surface area contributed by atoms with Crippen LogP contribution < -0.4 is 0 Å². The molecule has 60 heavy (non-hydrogen) atoms. The van der Waals surface area contributed by atoms with E-state index in [0.29, 0.717) is 0 Å². The first-order chi connectivity index (χ1) is 29.9. The molecule has 0 aromatic carbocycles. The van der Waals surface area contributed by atoms with Crippen LogP contribution in [0.3, 0.4) is 0 Å². The van der Waals surface area contributed by atoms with Crippen molar-refractivity contribution in [3.05, 3.63) is 0 Å². The van der Waals surface area contributed by atoms with Crippen molar-refractivity contribution in [2.45, 2.75) is 25.7 Å². The molecule has 45 aliphatic rings. The third-order valence-electron chi connectivity index (χ3n) is 53.9. The minimum atomic E-state index is 1.08. The van der Waals surface area contributed by atoms with Gasteiger partial charge in [0, 0.05) is 0 Å².